The Morgan fingerprint density at radius 3 is 2.21 bits per heavy atom. The predicted molar refractivity (Wildman–Crippen MR) is 107 cm³/mol. The Labute approximate surface area is 236 Å². The average Bonchev–Trinajstić information content (AvgIpc) is 3.06. The van der Waals surface area contributed by atoms with E-state index in [4.69, 9.17) is 11.6 Å². The van der Waals surface area contributed by atoms with Gasteiger partial charge in [0.2, 0.25) is 5.82 Å². The molecule has 4 aromatic rings. The van der Waals surface area contributed by atoms with E-state index in [0.29, 0.717) is 15.9 Å². The van der Waals surface area contributed by atoms with Gasteiger partial charge in [-0.2, -0.15) is 5.10 Å². The minimum atomic E-state index is -5.17. The van der Waals surface area contributed by atoms with Gasteiger partial charge in [-0.3, -0.25) is 5.10 Å². The average molecular weight is 527 g/mol. The van der Waals surface area contributed by atoms with Crippen molar-refractivity contribution in [2.75, 3.05) is 0 Å². The summed E-state index contributed by atoms with van der Waals surface area (Å²) in [7, 11) is -10.0. The van der Waals surface area contributed by atoms with Crippen molar-refractivity contribution in [3.8, 4) is 5.75 Å². The van der Waals surface area contributed by atoms with Gasteiger partial charge in [0.1, 0.15) is 25.9 Å². The van der Waals surface area contributed by atoms with Crippen LogP contribution in [0.2, 0.25) is 5.02 Å². The van der Waals surface area contributed by atoms with E-state index < -0.39 is 41.5 Å². The number of H-pyrrole nitrogens is 1. The molecule has 0 aliphatic carbocycles. The van der Waals surface area contributed by atoms with E-state index in [0.717, 1.165) is 24.3 Å². The van der Waals surface area contributed by atoms with Gasteiger partial charge >= 0.3 is 59.1 Å². The van der Waals surface area contributed by atoms with Crippen LogP contribution in [0.25, 0.3) is 21.7 Å². The monoisotopic (exact) mass is 526 g/mol. The number of azo groups is 1. The molecule has 0 saturated carbocycles. The third-order valence-corrected chi connectivity index (χ3v) is 6.25. The van der Waals surface area contributed by atoms with Crippen LogP contribution in [0, 0.1) is 0 Å². The number of hydrogen-bond donors (Lipinski definition) is 2. The number of aromatic amines is 1. The second kappa shape index (κ2) is 10.3. The van der Waals surface area contributed by atoms with Crippen LogP contribution in [0.3, 0.4) is 0 Å². The molecule has 1 heterocycles. The van der Waals surface area contributed by atoms with E-state index in [9.17, 15) is 31.0 Å². The molecule has 0 atom stereocenters. The fourth-order valence-electron chi connectivity index (χ4n) is 2.93. The Morgan fingerprint density at radius 2 is 1.58 bits per heavy atom. The molecule has 0 amide bonds. The number of phenolic OH excluding ortho intramolecular Hbond substituents is 1. The van der Waals surface area contributed by atoms with E-state index in [1.54, 1.807) is 18.2 Å². The van der Waals surface area contributed by atoms with E-state index in [-0.39, 0.29) is 75.7 Å². The molecule has 160 valence electrons. The Balaban J connectivity index is 0.00000193. The first-order valence-electron chi connectivity index (χ1n) is 8.22. The molecule has 33 heavy (non-hydrogen) atoms. The largest absolute Gasteiger partial charge is 1.00 e. The molecule has 2 N–H and O–H groups in total. The zero-order valence-corrected chi connectivity index (χ0v) is 23.4. The van der Waals surface area contributed by atoms with Crippen molar-refractivity contribution < 1.29 is 90.2 Å². The van der Waals surface area contributed by atoms with E-state index in [1.807, 2.05) is 0 Å². The molecule has 0 radical (unpaired) electrons. The van der Waals surface area contributed by atoms with Gasteiger partial charge in [-0.15, -0.1) is 10.2 Å². The van der Waals surface area contributed by atoms with E-state index in [1.165, 1.54) is 0 Å². The number of phenols is 1. The van der Waals surface area contributed by atoms with Crippen LogP contribution >= 0.6 is 11.6 Å². The van der Waals surface area contributed by atoms with Gasteiger partial charge in [0, 0.05) is 15.8 Å². The van der Waals surface area contributed by atoms with Crippen LogP contribution in [-0.4, -0.2) is 41.2 Å². The van der Waals surface area contributed by atoms with Crippen molar-refractivity contribution >= 4 is 65.0 Å². The van der Waals surface area contributed by atoms with Crippen LogP contribution < -0.4 is 59.1 Å². The van der Waals surface area contributed by atoms with Gasteiger partial charge < -0.3 is 14.2 Å². The number of rotatable bonds is 4. The number of aromatic hydroxyl groups is 1. The first-order valence-corrected chi connectivity index (χ1v) is 11.4. The van der Waals surface area contributed by atoms with Crippen molar-refractivity contribution in [2.24, 2.45) is 10.2 Å². The summed E-state index contributed by atoms with van der Waals surface area (Å²) in [6.07, 6.45) is 0. The number of halogens is 1. The third-order valence-electron chi connectivity index (χ3n) is 4.33. The van der Waals surface area contributed by atoms with E-state index in [2.05, 4.69) is 20.4 Å². The van der Waals surface area contributed by atoms with Gasteiger partial charge in [-0.1, -0.05) is 17.7 Å². The summed E-state index contributed by atoms with van der Waals surface area (Å²) in [6.45, 7) is 0. The van der Waals surface area contributed by atoms with Crippen LogP contribution in [-0.2, 0) is 20.2 Å². The molecule has 0 aliphatic rings. The molecule has 16 heteroatoms. The molecule has 0 unspecified atom stereocenters. The maximum Gasteiger partial charge on any atom is 1.00 e. The summed E-state index contributed by atoms with van der Waals surface area (Å²) in [5, 5.41) is 25.6. The maximum absolute atomic E-state index is 11.6. The summed E-state index contributed by atoms with van der Waals surface area (Å²) in [5.41, 5.74) is 0.114. The van der Waals surface area contributed by atoms with Gasteiger partial charge in [0.15, 0.2) is 5.75 Å². The molecule has 0 saturated heterocycles. The standard InChI is InChI=1S/C17H11ClN4O7S2.2Na/c18-9-1-3-12-13(7-9)19-21-17(12)22-20-15-11-4-2-10(30(24,25)26)5-8(11)6-14(16(15)23)31(27,28)29;;/h1-7,23H,(H,19,21)(H,24,25,26)(H,27,28,29);;/q;2*+1/p-2. The van der Waals surface area contributed by atoms with Crippen molar-refractivity contribution in [3.05, 3.63) is 47.5 Å². The fourth-order valence-corrected chi connectivity index (χ4v) is 4.21. The quantitative estimate of drug-likeness (QED) is 0.163. The minimum Gasteiger partial charge on any atom is -0.744 e. The zero-order chi connectivity index (χ0) is 22.6. The Bertz CT molecular complexity index is 1620. The number of benzene rings is 3. The fraction of sp³-hybridized carbons (Fsp3) is 0. The molecule has 4 rings (SSSR count). The zero-order valence-electron chi connectivity index (χ0n) is 17.0. The summed E-state index contributed by atoms with van der Waals surface area (Å²) in [4.78, 5) is -1.70. The van der Waals surface area contributed by atoms with E-state index >= 15 is 0 Å². The molecular formula is C17H9ClN4Na2O7S2. The van der Waals surface area contributed by atoms with Crippen molar-refractivity contribution in [3.63, 3.8) is 0 Å². The topological polar surface area (TPSA) is 188 Å². The Hall–Kier alpha value is -1.10. The maximum atomic E-state index is 11.6. The molecule has 0 bridgehead atoms. The minimum absolute atomic E-state index is 0. The van der Waals surface area contributed by atoms with Crippen LogP contribution in [0.15, 0.2) is 62.5 Å². The second-order valence-electron chi connectivity index (χ2n) is 6.30. The van der Waals surface area contributed by atoms with Gasteiger partial charge in [-0.05, 0) is 41.8 Å². The summed E-state index contributed by atoms with van der Waals surface area (Å²) in [6, 6.07) is 8.51. The molecule has 0 spiro atoms. The molecule has 3 aromatic carbocycles. The SMILES string of the molecule is O=S(=O)([O-])c1ccc2c(N=Nc3n[nH]c4cc(Cl)ccc34)c(O)c(S(=O)(=O)[O-])cc2c1.[Na+].[Na+]. The van der Waals surface area contributed by atoms with Crippen LogP contribution in [0.4, 0.5) is 11.5 Å². The number of aromatic nitrogens is 2. The summed E-state index contributed by atoms with van der Waals surface area (Å²) >= 11 is 5.91. The van der Waals surface area contributed by atoms with Crippen molar-refractivity contribution in [2.45, 2.75) is 9.79 Å². The molecule has 0 fully saturated rings. The van der Waals surface area contributed by atoms with Crippen LogP contribution in [0.1, 0.15) is 0 Å². The van der Waals surface area contributed by atoms with Gasteiger partial charge in [0.25, 0.3) is 0 Å². The first-order chi connectivity index (χ1) is 14.4. The van der Waals surface area contributed by atoms with Crippen molar-refractivity contribution in [1.29, 1.82) is 0 Å². The Morgan fingerprint density at radius 1 is 0.909 bits per heavy atom. The number of nitrogens with zero attached hydrogens (tertiary/aromatic N) is 3. The normalized spacial score (nSPS) is 12.1. The predicted octanol–water partition coefficient (Wildman–Crippen LogP) is -2.69. The van der Waals surface area contributed by atoms with Crippen molar-refractivity contribution in [1.82, 2.24) is 10.2 Å². The number of fused-ring (bicyclic) bond motifs is 2. The van der Waals surface area contributed by atoms with Crippen LogP contribution in [0.5, 0.6) is 5.75 Å². The molecule has 11 nitrogen and oxygen atoms in total. The number of nitrogens with one attached hydrogen (secondary N) is 1. The number of hydrogen-bond acceptors (Lipinski definition) is 10. The molecule has 0 aliphatic heterocycles. The second-order valence-corrected chi connectivity index (χ2v) is 9.46. The molecular weight excluding hydrogens is 518 g/mol. The first kappa shape index (κ1) is 28.1. The van der Waals surface area contributed by atoms with Gasteiger partial charge in [0.05, 0.1) is 15.3 Å². The van der Waals surface area contributed by atoms with Gasteiger partial charge in [-0.25, -0.2) is 16.8 Å². The third kappa shape index (κ3) is 5.77. The Kier molecular flexibility index (Phi) is 8.75. The summed E-state index contributed by atoms with van der Waals surface area (Å²) < 4.78 is 68.6. The summed E-state index contributed by atoms with van der Waals surface area (Å²) in [5.74, 6) is -0.903. The molecule has 1 aromatic heterocycles. The smallest absolute Gasteiger partial charge is 0.744 e.